The lowest BCUT2D eigenvalue weighted by Gasteiger charge is -2.34. The molecule has 2 aliphatic heterocycles. The van der Waals surface area contributed by atoms with Crippen LogP contribution in [0.25, 0.3) is 10.9 Å². The highest BCUT2D eigenvalue weighted by molar-refractivity contribution is 5.84. The van der Waals surface area contributed by atoms with Crippen molar-refractivity contribution in [2.45, 2.75) is 13.5 Å². The van der Waals surface area contributed by atoms with E-state index >= 15 is 0 Å². The van der Waals surface area contributed by atoms with Crippen LogP contribution >= 0.6 is 0 Å². The van der Waals surface area contributed by atoms with Crippen LogP contribution in [0.3, 0.4) is 0 Å². The second-order valence-corrected chi connectivity index (χ2v) is 8.44. The Morgan fingerprint density at radius 1 is 1.04 bits per heavy atom. The van der Waals surface area contributed by atoms with Gasteiger partial charge in [0.1, 0.15) is 0 Å². The van der Waals surface area contributed by atoms with E-state index in [1.54, 1.807) is 0 Å². The van der Waals surface area contributed by atoms with E-state index in [2.05, 4.69) is 51.9 Å². The summed E-state index contributed by atoms with van der Waals surface area (Å²) in [5.74, 6) is 0.952. The number of fused-ring (bicyclic) bond motifs is 1. The lowest BCUT2D eigenvalue weighted by atomic mass is 9.96. The Hall–Kier alpha value is -1.53. The van der Waals surface area contributed by atoms with E-state index in [0.29, 0.717) is 18.4 Å². The number of nitrogens with zero attached hydrogens (tertiary/aromatic N) is 4. The number of likely N-dealkylation sites (N-methyl/N-ethyl adjacent to an activating group) is 1. The molecule has 1 N–H and O–H groups in total. The minimum atomic E-state index is 0.297. The molecule has 27 heavy (non-hydrogen) atoms. The highest BCUT2D eigenvalue weighted by atomic mass is 16.3. The van der Waals surface area contributed by atoms with Gasteiger partial charge in [0, 0.05) is 70.5 Å². The molecule has 0 amide bonds. The van der Waals surface area contributed by atoms with E-state index in [0.717, 1.165) is 57.9 Å². The van der Waals surface area contributed by atoms with Gasteiger partial charge in [0.25, 0.3) is 0 Å². The Bertz CT molecular complexity index is 772. The van der Waals surface area contributed by atoms with Crippen molar-refractivity contribution in [2.24, 2.45) is 11.8 Å². The first-order valence-corrected chi connectivity index (χ1v) is 10.2. The van der Waals surface area contributed by atoms with Crippen LogP contribution in [0.15, 0.2) is 30.5 Å². The molecule has 146 valence electrons. The van der Waals surface area contributed by atoms with E-state index in [9.17, 15) is 5.11 Å². The molecule has 1 aromatic heterocycles. The number of aliphatic hydroxyl groups excluding tert-OH is 1. The topological polar surface area (TPSA) is 42.8 Å². The number of benzene rings is 1. The second kappa shape index (κ2) is 8.23. The summed E-state index contributed by atoms with van der Waals surface area (Å²) in [6.07, 6.45) is 1.88. The molecule has 2 fully saturated rings. The number of hydrogen-bond acceptors (Lipinski definition) is 5. The summed E-state index contributed by atoms with van der Waals surface area (Å²) in [5.41, 5.74) is 3.69. The SMILES string of the molecule is Cc1ccc(CN2C[C@@H](CN3CCN(C)CC3)[C@@H](CO)C2)c2cccnc12. The molecule has 3 heterocycles. The van der Waals surface area contributed by atoms with Gasteiger partial charge in [0.05, 0.1) is 5.52 Å². The van der Waals surface area contributed by atoms with Crippen molar-refractivity contribution < 1.29 is 5.11 Å². The molecule has 2 saturated heterocycles. The molecule has 0 unspecified atom stereocenters. The molecule has 0 saturated carbocycles. The van der Waals surface area contributed by atoms with Gasteiger partial charge in [0.2, 0.25) is 0 Å². The van der Waals surface area contributed by atoms with E-state index < -0.39 is 0 Å². The predicted molar refractivity (Wildman–Crippen MR) is 110 cm³/mol. The summed E-state index contributed by atoms with van der Waals surface area (Å²) in [7, 11) is 2.20. The van der Waals surface area contributed by atoms with Crippen molar-refractivity contribution >= 4 is 10.9 Å². The number of piperazine rings is 1. The average Bonchev–Trinajstić information content (AvgIpc) is 3.07. The van der Waals surface area contributed by atoms with Crippen molar-refractivity contribution in [2.75, 3.05) is 59.5 Å². The van der Waals surface area contributed by atoms with Gasteiger partial charge in [-0.3, -0.25) is 9.88 Å². The Labute approximate surface area is 162 Å². The fourth-order valence-corrected chi connectivity index (χ4v) is 4.69. The van der Waals surface area contributed by atoms with Crippen molar-refractivity contribution in [1.29, 1.82) is 0 Å². The molecule has 5 heteroatoms. The lowest BCUT2D eigenvalue weighted by Crippen LogP contribution is -2.47. The Morgan fingerprint density at radius 3 is 2.59 bits per heavy atom. The zero-order chi connectivity index (χ0) is 18.8. The van der Waals surface area contributed by atoms with Gasteiger partial charge in [0.15, 0.2) is 0 Å². The molecule has 2 atom stereocenters. The normalized spacial score (nSPS) is 25.4. The number of hydrogen-bond donors (Lipinski definition) is 1. The highest BCUT2D eigenvalue weighted by Gasteiger charge is 2.34. The molecular formula is C22H32N4O. The van der Waals surface area contributed by atoms with Crippen LogP contribution in [0.2, 0.25) is 0 Å². The zero-order valence-electron chi connectivity index (χ0n) is 16.6. The largest absolute Gasteiger partial charge is 0.396 e. The molecule has 2 aromatic rings. The van der Waals surface area contributed by atoms with Crippen molar-refractivity contribution in [3.63, 3.8) is 0 Å². The number of pyridine rings is 1. The Morgan fingerprint density at radius 2 is 1.81 bits per heavy atom. The fraction of sp³-hybridized carbons (Fsp3) is 0.591. The third-order valence-electron chi connectivity index (χ3n) is 6.43. The van der Waals surface area contributed by atoms with Crippen molar-refractivity contribution in [1.82, 2.24) is 19.7 Å². The van der Waals surface area contributed by atoms with Gasteiger partial charge in [-0.1, -0.05) is 18.2 Å². The molecule has 2 aliphatic rings. The van der Waals surface area contributed by atoms with Crippen LogP contribution in [0, 0.1) is 18.8 Å². The van der Waals surface area contributed by atoms with Gasteiger partial charge in [-0.15, -0.1) is 0 Å². The number of likely N-dealkylation sites (tertiary alicyclic amines) is 1. The van der Waals surface area contributed by atoms with E-state index in [-0.39, 0.29) is 0 Å². The first-order valence-electron chi connectivity index (χ1n) is 10.2. The maximum Gasteiger partial charge on any atom is 0.0734 e. The summed E-state index contributed by atoms with van der Waals surface area (Å²) in [6, 6.07) is 8.65. The van der Waals surface area contributed by atoms with E-state index in [1.165, 1.54) is 16.5 Å². The Kier molecular flexibility index (Phi) is 5.74. The van der Waals surface area contributed by atoms with Gasteiger partial charge in [-0.05, 0) is 43.0 Å². The number of aromatic nitrogens is 1. The summed E-state index contributed by atoms with van der Waals surface area (Å²) in [6.45, 7) is 11.2. The van der Waals surface area contributed by atoms with Crippen LogP contribution in [0.1, 0.15) is 11.1 Å². The summed E-state index contributed by atoms with van der Waals surface area (Å²) in [5, 5.41) is 11.2. The number of rotatable bonds is 5. The first kappa shape index (κ1) is 18.8. The van der Waals surface area contributed by atoms with E-state index in [1.807, 2.05) is 12.3 Å². The number of aliphatic hydroxyl groups is 1. The van der Waals surface area contributed by atoms with Gasteiger partial charge < -0.3 is 14.9 Å². The van der Waals surface area contributed by atoms with Crippen LogP contribution in [-0.2, 0) is 6.54 Å². The Balaban J connectivity index is 1.44. The second-order valence-electron chi connectivity index (χ2n) is 8.44. The minimum Gasteiger partial charge on any atom is -0.396 e. The lowest BCUT2D eigenvalue weighted by molar-refractivity contribution is 0.116. The summed E-state index contributed by atoms with van der Waals surface area (Å²) in [4.78, 5) is 12.1. The number of aryl methyl sites for hydroxylation is 1. The molecular weight excluding hydrogens is 336 g/mol. The average molecular weight is 369 g/mol. The quantitative estimate of drug-likeness (QED) is 0.872. The predicted octanol–water partition coefficient (Wildman–Crippen LogP) is 1.83. The van der Waals surface area contributed by atoms with Crippen LogP contribution in [0.4, 0.5) is 0 Å². The van der Waals surface area contributed by atoms with Crippen LogP contribution < -0.4 is 0 Å². The zero-order valence-corrected chi connectivity index (χ0v) is 16.6. The fourth-order valence-electron chi connectivity index (χ4n) is 4.69. The monoisotopic (exact) mass is 368 g/mol. The molecule has 4 rings (SSSR count). The molecule has 5 nitrogen and oxygen atoms in total. The van der Waals surface area contributed by atoms with Crippen LogP contribution in [0.5, 0.6) is 0 Å². The van der Waals surface area contributed by atoms with Crippen LogP contribution in [-0.4, -0.2) is 84.3 Å². The van der Waals surface area contributed by atoms with Crippen molar-refractivity contribution in [3.8, 4) is 0 Å². The van der Waals surface area contributed by atoms with Gasteiger partial charge in [-0.25, -0.2) is 0 Å². The third kappa shape index (κ3) is 4.16. The summed E-state index contributed by atoms with van der Waals surface area (Å²) < 4.78 is 0. The molecule has 0 aliphatic carbocycles. The maximum absolute atomic E-state index is 9.94. The molecule has 1 aromatic carbocycles. The first-order chi connectivity index (χ1) is 13.1. The van der Waals surface area contributed by atoms with E-state index in [4.69, 9.17) is 0 Å². The standard InChI is InChI=1S/C22H32N4O/c1-17-5-6-18(21-4-3-7-23-22(17)21)12-26-14-19(20(15-26)16-27)13-25-10-8-24(2)9-11-25/h3-7,19-20,27H,8-16H2,1-2H3/t19-,20-/m1/s1. The molecule has 0 bridgehead atoms. The molecule has 0 radical (unpaired) electrons. The third-order valence-corrected chi connectivity index (χ3v) is 6.43. The van der Waals surface area contributed by atoms with Gasteiger partial charge in [-0.2, -0.15) is 0 Å². The molecule has 0 spiro atoms. The van der Waals surface area contributed by atoms with Crippen molar-refractivity contribution in [3.05, 3.63) is 41.6 Å². The van der Waals surface area contributed by atoms with Gasteiger partial charge >= 0.3 is 0 Å². The summed E-state index contributed by atoms with van der Waals surface area (Å²) >= 11 is 0. The maximum atomic E-state index is 9.94. The smallest absolute Gasteiger partial charge is 0.0734 e. The minimum absolute atomic E-state index is 0.297. The highest BCUT2D eigenvalue weighted by Crippen LogP contribution is 2.28.